The summed E-state index contributed by atoms with van der Waals surface area (Å²) < 4.78 is 26.4. The number of fused-ring (bicyclic) bond motifs is 1. The second kappa shape index (κ2) is 9.23. The molecular weight excluding hydrogens is 440 g/mol. The number of amides is 3. The Bertz CT molecular complexity index is 1070. The maximum Gasteiger partial charge on any atom is 0.252 e. The van der Waals surface area contributed by atoms with Crippen molar-refractivity contribution >= 4 is 35.2 Å². The molecule has 3 unspecified atom stereocenters. The molecule has 8 nitrogen and oxygen atoms in total. The van der Waals surface area contributed by atoms with E-state index in [1.54, 1.807) is 4.90 Å². The molecule has 2 aliphatic rings. The van der Waals surface area contributed by atoms with E-state index in [1.807, 2.05) is 24.3 Å². The van der Waals surface area contributed by atoms with Gasteiger partial charge in [-0.3, -0.25) is 19.7 Å². The zero-order valence-electron chi connectivity index (χ0n) is 16.8. The Morgan fingerprint density at radius 2 is 1.97 bits per heavy atom. The molecule has 2 aliphatic heterocycles. The molecule has 11 heteroatoms. The van der Waals surface area contributed by atoms with Crippen molar-refractivity contribution in [2.24, 2.45) is 5.73 Å². The van der Waals surface area contributed by atoms with Gasteiger partial charge >= 0.3 is 0 Å². The van der Waals surface area contributed by atoms with Crippen molar-refractivity contribution in [2.45, 2.75) is 24.1 Å². The number of halogens is 2. The Labute approximate surface area is 186 Å². The van der Waals surface area contributed by atoms with E-state index in [4.69, 9.17) is 5.73 Å². The van der Waals surface area contributed by atoms with E-state index in [-0.39, 0.29) is 17.2 Å². The molecule has 0 spiro atoms. The third-order valence-electron chi connectivity index (χ3n) is 5.29. The summed E-state index contributed by atoms with van der Waals surface area (Å²) in [6, 6.07) is 9.26. The van der Waals surface area contributed by atoms with Crippen molar-refractivity contribution in [2.75, 3.05) is 17.2 Å². The van der Waals surface area contributed by atoms with Gasteiger partial charge in [0.25, 0.3) is 5.91 Å². The van der Waals surface area contributed by atoms with Crippen molar-refractivity contribution in [3.05, 3.63) is 65.2 Å². The Kier molecular flexibility index (Phi) is 6.40. The van der Waals surface area contributed by atoms with Crippen LogP contribution in [-0.2, 0) is 16.0 Å². The fourth-order valence-corrected chi connectivity index (χ4v) is 4.55. The molecule has 5 N–H and O–H groups in total. The first-order valence-corrected chi connectivity index (χ1v) is 11.0. The first kappa shape index (κ1) is 22.2. The zero-order valence-corrected chi connectivity index (χ0v) is 17.6. The van der Waals surface area contributed by atoms with E-state index in [9.17, 15) is 23.2 Å². The van der Waals surface area contributed by atoms with Crippen LogP contribution >= 0.6 is 11.8 Å². The molecule has 3 atom stereocenters. The largest absolute Gasteiger partial charge is 0.338 e. The number of benzene rings is 2. The summed E-state index contributed by atoms with van der Waals surface area (Å²) in [6.45, 7) is 0.612. The minimum atomic E-state index is -1.17. The van der Waals surface area contributed by atoms with Gasteiger partial charge in [0.2, 0.25) is 11.8 Å². The van der Waals surface area contributed by atoms with Crippen molar-refractivity contribution in [1.29, 1.82) is 0 Å². The number of carbonyl (C=O) groups excluding carboxylic acids is 3. The van der Waals surface area contributed by atoms with Gasteiger partial charge in [-0.2, -0.15) is 0 Å². The first-order chi connectivity index (χ1) is 15.3. The smallest absolute Gasteiger partial charge is 0.252 e. The molecule has 0 saturated carbocycles. The van der Waals surface area contributed by atoms with E-state index in [0.717, 1.165) is 35.9 Å². The molecule has 1 saturated heterocycles. The average Bonchev–Trinajstić information content (AvgIpc) is 3.20. The maximum atomic E-state index is 13.4. The summed E-state index contributed by atoms with van der Waals surface area (Å²) in [6.07, 6.45) is -0.145. The second-order valence-electron chi connectivity index (χ2n) is 7.40. The lowest BCUT2D eigenvalue weighted by atomic mass is 10.1. The molecule has 0 aromatic heterocycles. The number of para-hydroxylation sites is 1. The Balaban J connectivity index is 1.31. The number of rotatable bonds is 5. The zero-order chi connectivity index (χ0) is 22.8. The van der Waals surface area contributed by atoms with Crippen LogP contribution in [0.4, 0.5) is 14.5 Å². The fourth-order valence-electron chi connectivity index (χ4n) is 3.63. The van der Waals surface area contributed by atoms with Crippen molar-refractivity contribution in [3.8, 4) is 0 Å². The quantitative estimate of drug-likeness (QED) is 0.520. The molecule has 32 heavy (non-hydrogen) atoms. The highest BCUT2D eigenvalue weighted by Gasteiger charge is 2.36. The molecule has 3 amide bonds. The van der Waals surface area contributed by atoms with Crippen LogP contribution in [0, 0.1) is 11.6 Å². The number of carbonyl (C=O) groups is 3. The van der Waals surface area contributed by atoms with Crippen LogP contribution in [-0.4, -0.2) is 47.7 Å². The lowest BCUT2D eigenvalue weighted by Gasteiger charge is -2.35. The SMILES string of the molecule is NC1NC(SCC(=O)N2CCc3ccccc32)NC(=O)C1NC(=O)c1ccc(F)c(F)c1. The monoisotopic (exact) mass is 461 g/mol. The number of anilines is 1. The van der Waals surface area contributed by atoms with Crippen LogP contribution in [0.25, 0.3) is 0 Å². The lowest BCUT2D eigenvalue weighted by Crippen LogP contribution is -2.70. The summed E-state index contributed by atoms with van der Waals surface area (Å²) in [4.78, 5) is 39.1. The van der Waals surface area contributed by atoms with E-state index < -0.39 is 41.2 Å². The maximum absolute atomic E-state index is 13.4. The molecule has 0 radical (unpaired) electrons. The van der Waals surface area contributed by atoms with E-state index >= 15 is 0 Å². The molecule has 168 valence electrons. The Morgan fingerprint density at radius 1 is 1.19 bits per heavy atom. The van der Waals surface area contributed by atoms with Gasteiger partial charge < -0.3 is 21.3 Å². The lowest BCUT2D eigenvalue weighted by molar-refractivity contribution is -0.125. The normalized spacial score (nSPS) is 22.3. The topological polar surface area (TPSA) is 117 Å². The molecule has 0 bridgehead atoms. The number of nitrogens with zero attached hydrogens (tertiary/aromatic N) is 1. The van der Waals surface area contributed by atoms with E-state index in [2.05, 4.69) is 16.0 Å². The molecular formula is C21H21F2N5O3S. The third kappa shape index (κ3) is 4.59. The van der Waals surface area contributed by atoms with E-state index in [1.165, 1.54) is 11.8 Å². The number of hydrogen-bond acceptors (Lipinski definition) is 6. The van der Waals surface area contributed by atoms with Crippen LogP contribution in [0.1, 0.15) is 15.9 Å². The van der Waals surface area contributed by atoms with Crippen LogP contribution in [0.3, 0.4) is 0 Å². The predicted molar refractivity (Wildman–Crippen MR) is 116 cm³/mol. The van der Waals surface area contributed by atoms with Crippen molar-refractivity contribution in [1.82, 2.24) is 16.0 Å². The summed E-state index contributed by atoms with van der Waals surface area (Å²) >= 11 is 1.18. The minimum Gasteiger partial charge on any atom is -0.338 e. The molecule has 1 fully saturated rings. The van der Waals surface area contributed by atoms with E-state index in [0.29, 0.717) is 6.54 Å². The highest BCUT2D eigenvalue weighted by molar-refractivity contribution is 8.00. The number of hydrogen-bond donors (Lipinski definition) is 4. The minimum absolute atomic E-state index is 0.0849. The Morgan fingerprint density at radius 3 is 2.72 bits per heavy atom. The van der Waals surface area contributed by atoms with Gasteiger partial charge in [-0.1, -0.05) is 18.2 Å². The molecule has 4 rings (SSSR count). The number of nitrogens with two attached hydrogens (primary N) is 1. The summed E-state index contributed by atoms with van der Waals surface area (Å²) in [5.41, 5.74) is 7.25. The number of thioether (sulfide) groups is 1. The number of nitrogens with one attached hydrogen (secondary N) is 3. The van der Waals surface area contributed by atoms with Gasteiger partial charge in [-0.05, 0) is 36.2 Å². The van der Waals surface area contributed by atoms with Crippen molar-refractivity contribution in [3.63, 3.8) is 0 Å². The van der Waals surface area contributed by atoms with Gasteiger partial charge in [0.05, 0.1) is 11.9 Å². The summed E-state index contributed by atoms with van der Waals surface area (Å²) in [7, 11) is 0. The molecule has 2 aromatic carbocycles. The Hall–Kier alpha value is -3.02. The summed E-state index contributed by atoms with van der Waals surface area (Å²) in [5, 5.41) is 7.99. The first-order valence-electron chi connectivity index (χ1n) is 9.91. The molecule has 2 aromatic rings. The van der Waals surface area contributed by atoms with Crippen LogP contribution in [0.5, 0.6) is 0 Å². The van der Waals surface area contributed by atoms with Gasteiger partial charge in [0.1, 0.15) is 11.5 Å². The second-order valence-corrected chi connectivity index (χ2v) is 8.49. The third-order valence-corrected chi connectivity index (χ3v) is 6.29. The molecule has 2 heterocycles. The highest BCUT2D eigenvalue weighted by Crippen LogP contribution is 2.28. The van der Waals surface area contributed by atoms with Gasteiger partial charge in [-0.15, -0.1) is 11.8 Å². The van der Waals surface area contributed by atoms with Gasteiger partial charge in [-0.25, -0.2) is 8.78 Å². The predicted octanol–water partition coefficient (Wildman–Crippen LogP) is 0.674. The van der Waals surface area contributed by atoms with Gasteiger partial charge in [0, 0.05) is 17.8 Å². The van der Waals surface area contributed by atoms with Crippen molar-refractivity contribution < 1.29 is 23.2 Å². The fraction of sp³-hybridized carbons (Fsp3) is 0.286. The average molecular weight is 461 g/mol. The standard InChI is InChI=1S/C21H21F2N5O3S/c22-13-6-5-12(9-14(13)23)19(30)25-17-18(24)26-21(27-20(17)31)32-10-16(29)28-8-7-11-3-1-2-4-15(11)28/h1-6,9,17-18,21,26H,7-8,10,24H2,(H,25,30)(H,27,31). The molecule has 0 aliphatic carbocycles. The van der Waals surface area contributed by atoms with Gasteiger partial charge in [0.15, 0.2) is 11.6 Å². The van der Waals surface area contributed by atoms with Crippen LogP contribution < -0.4 is 26.6 Å². The van der Waals surface area contributed by atoms with Crippen LogP contribution in [0.2, 0.25) is 0 Å². The highest BCUT2D eigenvalue weighted by atomic mass is 32.2. The van der Waals surface area contributed by atoms with Crippen LogP contribution in [0.15, 0.2) is 42.5 Å². The summed E-state index contributed by atoms with van der Waals surface area (Å²) in [5.74, 6) is -3.54.